The maximum atomic E-state index is 9.97. The van der Waals surface area contributed by atoms with E-state index in [1.807, 2.05) is 36.4 Å². The van der Waals surface area contributed by atoms with Gasteiger partial charge in [0.15, 0.2) is 0 Å². The fourth-order valence-electron chi connectivity index (χ4n) is 4.66. The lowest BCUT2D eigenvalue weighted by Gasteiger charge is -2.43. The van der Waals surface area contributed by atoms with E-state index >= 15 is 0 Å². The molecule has 0 aliphatic carbocycles. The fraction of sp³-hybridized carbons (Fsp3) is 0.200. The number of aromatic hydroxyl groups is 1. The minimum atomic E-state index is -2.75. The van der Waals surface area contributed by atoms with Crippen molar-refractivity contribution in [1.29, 1.82) is 0 Å². The van der Waals surface area contributed by atoms with Crippen molar-refractivity contribution in [1.82, 2.24) is 0 Å². The molecule has 0 bridgehead atoms. The molecule has 4 rings (SSSR count). The number of aliphatic hydroxyl groups is 1. The Hall–Kier alpha value is -3.34. The fourth-order valence-corrected chi connectivity index (χ4v) is 9.12. The van der Waals surface area contributed by atoms with Crippen LogP contribution in [0.5, 0.6) is 11.5 Å². The Bertz CT molecular complexity index is 1190. The molecule has 0 saturated carbocycles. The van der Waals surface area contributed by atoms with Crippen molar-refractivity contribution >= 4 is 18.7 Å². The zero-order chi connectivity index (χ0) is 24.2. The van der Waals surface area contributed by atoms with Gasteiger partial charge in [-0.15, -0.1) is 0 Å². The van der Waals surface area contributed by atoms with Gasteiger partial charge in [0, 0.05) is 12.0 Å². The molecule has 3 nitrogen and oxygen atoms in total. The topological polar surface area (TPSA) is 49.7 Å². The van der Waals surface area contributed by atoms with Crippen molar-refractivity contribution in [2.45, 2.75) is 38.8 Å². The summed E-state index contributed by atoms with van der Waals surface area (Å²) < 4.78 is 7.26. The van der Waals surface area contributed by atoms with Crippen LogP contribution in [-0.2, 0) is 13.0 Å². The van der Waals surface area contributed by atoms with E-state index in [0.29, 0.717) is 12.0 Å². The summed E-state index contributed by atoms with van der Waals surface area (Å²) in [6, 6.07) is 34.8. The Balaban J connectivity index is 1.84. The molecule has 0 atom stereocenters. The highest BCUT2D eigenvalue weighted by Crippen LogP contribution is 2.38. The average Bonchev–Trinajstić information content (AvgIpc) is 2.85. The van der Waals surface area contributed by atoms with Crippen molar-refractivity contribution < 1.29 is 14.6 Å². The predicted octanol–water partition coefficient (Wildman–Crippen LogP) is 5.41. The minimum absolute atomic E-state index is 0.114. The minimum Gasteiger partial charge on any atom is -0.534 e. The average molecular weight is 469 g/mol. The van der Waals surface area contributed by atoms with Gasteiger partial charge in [-0.2, -0.15) is 0 Å². The highest BCUT2D eigenvalue weighted by molar-refractivity contribution is 7.00. The monoisotopic (exact) mass is 468 g/mol. The lowest BCUT2D eigenvalue weighted by molar-refractivity contribution is 0.275. The summed E-state index contributed by atoms with van der Waals surface area (Å²) in [6.45, 7) is 6.62. The number of hydrogen-bond acceptors (Lipinski definition) is 3. The predicted molar refractivity (Wildman–Crippen MR) is 142 cm³/mol. The van der Waals surface area contributed by atoms with E-state index < -0.39 is 8.32 Å². The summed E-state index contributed by atoms with van der Waals surface area (Å²) in [5.74, 6) is 0.985. The van der Waals surface area contributed by atoms with Crippen LogP contribution < -0.4 is 14.8 Å². The molecule has 2 N–H and O–H groups in total. The van der Waals surface area contributed by atoms with E-state index in [9.17, 15) is 10.2 Å². The second-order valence-electron chi connectivity index (χ2n) is 9.67. The van der Waals surface area contributed by atoms with Crippen LogP contribution >= 0.6 is 0 Å². The van der Waals surface area contributed by atoms with Crippen LogP contribution in [0.4, 0.5) is 0 Å². The van der Waals surface area contributed by atoms with Crippen molar-refractivity contribution in [3.8, 4) is 11.5 Å². The summed E-state index contributed by atoms with van der Waals surface area (Å²) in [6.07, 6.45) is 0.641. The van der Waals surface area contributed by atoms with E-state index in [-0.39, 0.29) is 17.4 Å². The van der Waals surface area contributed by atoms with Gasteiger partial charge in [0.05, 0.1) is 6.61 Å². The first-order valence-electron chi connectivity index (χ1n) is 11.6. The molecular weight excluding hydrogens is 436 g/mol. The summed E-state index contributed by atoms with van der Waals surface area (Å²) in [5.41, 5.74) is 2.62. The van der Waals surface area contributed by atoms with E-state index in [4.69, 9.17) is 4.43 Å². The summed E-state index contributed by atoms with van der Waals surface area (Å²) in [7, 11) is -2.75. The highest BCUT2D eigenvalue weighted by atomic mass is 28.4. The van der Waals surface area contributed by atoms with E-state index in [1.165, 1.54) is 10.4 Å². The third-order valence-corrected chi connectivity index (χ3v) is 11.3. The molecule has 4 aromatic carbocycles. The van der Waals surface area contributed by atoms with Crippen LogP contribution in [0.15, 0.2) is 103 Å². The van der Waals surface area contributed by atoms with Gasteiger partial charge in [-0.05, 0) is 44.7 Å². The van der Waals surface area contributed by atoms with Crippen molar-refractivity contribution in [2.75, 3.05) is 0 Å². The molecule has 0 spiro atoms. The molecule has 0 unspecified atom stereocenters. The van der Waals surface area contributed by atoms with Crippen molar-refractivity contribution in [2.24, 2.45) is 0 Å². The molecular formula is C30H32O3Si. The van der Waals surface area contributed by atoms with Gasteiger partial charge in [-0.3, -0.25) is 0 Å². The van der Waals surface area contributed by atoms with Crippen LogP contribution in [0, 0.1) is 0 Å². The largest absolute Gasteiger partial charge is 0.534 e. The van der Waals surface area contributed by atoms with Gasteiger partial charge in [0.1, 0.15) is 11.5 Å². The number of rotatable bonds is 7. The maximum Gasteiger partial charge on any atom is 0.319 e. The third-order valence-electron chi connectivity index (χ3n) is 6.36. The van der Waals surface area contributed by atoms with Crippen molar-refractivity contribution in [3.63, 3.8) is 0 Å². The SMILES string of the molecule is CC(C)(C)[Si](Oc1ccccc1Cc1ccc(O)c(CO)c1)(c1ccccc1)c1ccccc1. The maximum absolute atomic E-state index is 9.97. The second kappa shape index (κ2) is 9.88. The van der Waals surface area contributed by atoms with E-state index in [0.717, 1.165) is 16.9 Å². The molecule has 4 aromatic rings. The smallest absolute Gasteiger partial charge is 0.319 e. The Kier molecular flexibility index (Phi) is 6.91. The summed E-state index contributed by atoms with van der Waals surface area (Å²) in [4.78, 5) is 0. The van der Waals surface area contributed by atoms with Gasteiger partial charge < -0.3 is 14.6 Å². The molecule has 0 aromatic heterocycles. The lowest BCUT2D eigenvalue weighted by Crippen LogP contribution is -2.68. The number of hydrogen-bond donors (Lipinski definition) is 2. The number of benzene rings is 4. The second-order valence-corrected chi connectivity index (χ2v) is 13.9. The quantitative estimate of drug-likeness (QED) is 0.356. The van der Waals surface area contributed by atoms with Gasteiger partial charge in [-0.1, -0.05) is 106 Å². The van der Waals surface area contributed by atoms with Gasteiger partial charge in [0.2, 0.25) is 0 Å². The molecule has 0 aliphatic rings. The van der Waals surface area contributed by atoms with Crippen LogP contribution in [-0.4, -0.2) is 18.5 Å². The first-order valence-corrected chi connectivity index (χ1v) is 13.6. The standard InChI is InChI=1S/C30H32O3Si/c1-30(2,3)34(26-13-6-4-7-14-26,27-15-8-5-9-16-27)33-29-17-11-10-12-24(29)20-23-18-19-28(32)25(21-23)22-31/h4-19,21,31-32H,20,22H2,1-3H3. The Morgan fingerprint density at radius 1 is 0.706 bits per heavy atom. The van der Waals surface area contributed by atoms with Crippen LogP contribution in [0.1, 0.15) is 37.5 Å². The molecule has 0 amide bonds. The molecule has 0 aliphatic heterocycles. The van der Waals surface area contributed by atoms with E-state index in [2.05, 4.69) is 81.4 Å². The first kappa shape index (κ1) is 23.8. The Labute approximate surface area is 203 Å². The highest BCUT2D eigenvalue weighted by Gasteiger charge is 2.52. The third kappa shape index (κ3) is 4.65. The van der Waals surface area contributed by atoms with E-state index in [1.54, 1.807) is 6.07 Å². The Morgan fingerprint density at radius 2 is 1.26 bits per heavy atom. The first-order chi connectivity index (χ1) is 16.3. The van der Waals surface area contributed by atoms with Crippen LogP contribution in [0.25, 0.3) is 0 Å². The number of phenols is 1. The molecule has 34 heavy (non-hydrogen) atoms. The molecule has 0 fully saturated rings. The molecule has 174 valence electrons. The molecule has 0 saturated heterocycles. The molecule has 4 heteroatoms. The number of aliphatic hydroxyl groups excluding tert-OH is 1. The summed E-state index contributed by atoms with van der Waals surface area (Å²) >= 11 is 0. The van der Waals surface area contributed by atoms with Gasteiger partial charge >= 0.3 is 8.32 Å². The summed E-state index contributed by atoms with van der Waals surface area (Å²) in [5, 5.41) is 21.9. The Morgan fingerprint density at radius 3 is 1.82 bits per heavy atom. The van der Waals surface area contributed by atoms with Gasteiger partial charge in [-0.25, -0.2) is 0 Å². The zero-order valence-corrected chi connectivity index (χ0v) is 21.0. The molecule has 0 heterocycles. The van der Waals surface area contributed by atoms with Crippen molar-refractivity contribution in [3.05, 3.63) is 120 Å². The zero-order valence-electron chi connectivity index (χ0n) is 20.0. The van der Waals surface area contributed by atoms with Gasteiger partial charge in [0.25, 0.3) is 0 Å². The molecule has 0 radical (unpaired) electrons. The normalized spacial score (nSPS) is 11.9. The lowest BCUT2D eigenvalue weighted by atomic mass is 10.0. The number of para-hydroxylation sites is 1. The van der Waals surface area contributed by atoms with Crippen LogP contribution in [0.3, 0.4) is 0 Å². The van der Waals surface area contributed by atoms with Crippen LogP contribution in [0.2, 0.25) is 5.04 Å².